The molecule has 13 heavy (non-hydrogen) atoms. The van der Waals surface area contributed by atoms with Crippen LogP contribution < -0.4 is 0 Å². The summed E-state index contributed by atoms with van der Waals surface area (Å²) in [7, 11) is 0. The molecule has 1 radical (unpaired) electrons. The molecule has 1 rings (SSSR count). The first kappa shape index (κ1) is 14.5. The van der Waals surface area contributed by atoms with Crippen molar-refractivity contribution in [2.24, 2.45) is 0 Å². The van der Waals surface area contributed by atoms with E-state index >= 15 is 0 Å². The van der Waals surface area contributed by atoms with Crippen LogP contribution in [-0.4, -0.2) is 0 Å². The van der Waals surface area contributed by atoms with Crippen LogP contribution in [0.4, 0.5) is 0 Å². The Labute approximate surface area is 116 Å². The van der Waals surface area contributed by atoms with Crippen molar-refractivity contribution in [3.63, 3.8) is 0 Å². The minimum absolute atomic E-state index is 0. The van der Waals surface area contributed by atoms with Gasteiger partial charge in [-0.25, -0.2) is 0 Å². The minimum atomic E-state index is 0. The van der Waals surface area contributed by atoms with Crippen molar-refractivity contribution in [3.05, 3.63) is 25.1 Å². The van der Waals surface area contributed by atoms with Gasteiger partial charge in [0.1, 0.15) is 0 Å². The fourth-order valence-electron chi connectivity index (χ4n) is 0.593. The van der Waals surface area contributed by atoms with Gasteiger partial charge in [-0.1, -0.05) is 58.0 Å². The molecule has 0 spiro atoms. The van der Waals surface area contributed by atoms with Crippen molar-refractivity contribution >= 4 is 70.6 Å². The molecule has 0 N–H and O–H groups in total. The van der Waals surface area contributed by atoms with E-state index in [9.17, 15) is 0 Å². The molecule has 0 heterocycles. The molecule has 1 aromatic rings. The fourth-order valence-corrected chi connectivity index (χ4v) is 2.09. The average molecular weight is 341 g/mol. The molecule has 73 valence electrons. The van der Waals surface area contributed by atoms with Crippen molar-refractivity contribution in [1.29, 1.82) is 0 Å². The van der Waals surface area contributed by atoms with E-state index in [1.54, 1.807) is 0 Å². The molecule has 0 aliphatic rings. The predicted molar refractivity (Wildman–Crippen MR) is 58.7 cm³/mol. The summed E-state index contributed by atoms with van der Waals surface area (Å²) in [6.45, 7) is 0. The number of halogens is 5. The van der Waals surface area contributed by atoms with E-state index in [0.29, 0.717) is 4.90 Å². The normalized spacial score (nSPS) is 9.69. The summed E-state index contributed by atoms with van der Waals surface area (Å²) in [4.78, 5) is 0.331. The second-order valence-corrected chi connectivity index (χ2v) is 4.26. The second kappa shape index (κ2) is 5.57. The van der Waals surface area contributed by atoms with Gasteiger partial charge in [0, 0.05) is 4.90 Å². The number of thiol groups is 1. The van der Waals surface area contributed by atoms with E-state index in [4.69, 9.17) is 58.0 Å². The molecule has 0 aliphatic heterocycles. The van der Waals surface area contributed by atoms with Crippen molar-refractivity contribution in [3.8, 4) is 0 Å². The zero-order valence-corrected chi connectivity index (χ0v) is 11.4. The Kier molecular flexibility index (Phi) is 6.22. The fraction of sp³-hybridized carbons (Fsp3) is 0. The van der Waals surface area contributed by atoms with Gasteiger partial charge < -0.3 is 0 Å². The smallest absolute Gasteiger partial charge is 0.140 e. The van der Waals surface area contributed by atoms with Crippen molar-refractivity contribution in [2.45, 2.75) is 4.90 Å². The molecule has 0 atom stereocenters. The van der Waals surface area contributed by atoms with Gasteiger partial charge in [-0.05, 0) is 0 Å². The van der Waals surface area contributed by atoms with Gasteiger partial charge in [0.05, 0.1) is 25.1 Å². The van der Waals surface area contributed by atoms with Crippen molar-refractivity contribution < 1.29 is 16.8 Å². The third-order valence-corrected chi connectivity index (χ3v) is 4.17. The van der Waals surface area contributed by atoms with E-state index < -0.39 is 0 Å². The quantitative estimate of drug-likeness (QED) is 0.372. The summed E-state index contributed by atoms with van der Waals surface area (Å²) >= 11 is 32.6. The Morgan fingerprint density at radius 2 is 0.846 bits per heavy atom. The van der Waals surface area contributed by atoms with E-state index in [1.807, 2.05) is 0 Å². The van der Waals surface area contributed by atoms with Gasteiger partial charge in [0.2, 0.25) is 0 Å². The molecule has 7 heteroatoms. The standard InChI is InChI=1S/C6HCl5S.Co/c7-1-2(8)4(10)6(12)5(11)3(1)9;/h12H;/q;+2. The van der Waals surface area contributed by atoms with Gasteiger partial charge in [-0.2, -0.15) is 0 Å². The Morgan fingerprint density at radius 1 is 0.615 bits per heavy atom. The molecule has 0 unspecified atom stereocenters. The number of hydrogen-bond donors (Lipinski definition) is 1. The summed E-state index contributed by atoms with van der Waals surface area (Å²) in [5, 5.41) is 0.889. The molecule has 0 saturated heterocycles. The van der Waals surface area contributed by atoms with Crippen LogP contribution in [-0.2, 0) is 16.8 Å². The first-order valence-electron chi connectivity index (χ1n) is 2.67. The molecule has 0 aliphatic carbocycles. The predicted octanol–water partition coefficient (Wildman–Crippen LogP) is 5.24. The van der Waals surface area contributed by atoms with Crippen LogP contribution in [0.5, 0.6) is 0 Å². The largest absolute Gasteiger partial charge is 2.00 e. The van der Waals surface area contributed by atoms with E-state index in [0.717, 1.165) is 0 Å². The van der Waals surface area contributed by atoms with Crippen LogP contribution >= 0.6 is 70.6 Å². The Hall–Kier alpha value is 1.53. The second-order valence-electron chi connectivity index (χ2n) is 1.92. The molecular weight excluding hydrogens is 340 g/mol. The molecule has 0 aromatic heterocycles. The summed E-state index contributed by atoms with van der Waals surface area (Å²) in [6, 6.07) is 0. The number of benzene rings is 1. The van der Waals surface area contributed by atoms with Crippen LogP contribution in [0.2, 0.25) is 25.1 Å². The van der Waals surface area contributed by atoms with Crippen molar-refractivity contribution in [2.75, 3.05) is 0 Å². The first-order chi connectivity index (χ1) is 5.46. The number of rotatable bonds is 0. The van der Waals surface area contributed by atoms with E-state index in [-0.39, 0.29) is 41.9 Å². The van der Waals surface area contributed by atoms with Gasteiger partial charge >= 0.3 is 16.8 Å². The summed E-state index contributed by atoms with van der Waals surface area (Å²) in [5.74, 6) is 0. The molecule has 0 bridgehead atoms. The number of hydrogen-bond acceptors (Lipinski definition) is 1. The monoisotopic (exact) mass is 339 g/mol. The minimum Gasteiger partial charge on any atom is -0.140 e. The van der Waals surface area contributed by atoms with E-state index in [1.165, 1.54) is 0 Å². The molecule has 0 amide bonds. The molecular formula is C6HCl5CoS+2. The molecule has 0 nitrogen and oxygen atoms in total. The summed E-state index contributed by atoms with van der Waals surface area (Å²) in [5.41, 5.74) is 0. The Balaban J connectivity index is 0.00000144. The molecule has 0 saturated carbocycles. The summed E-state index contributed by atoms with van der Waals surface area (Å²) in [6.07, 6.45) is 0. The average Bonchev–Trinajstić information content (AvgIpc) is 2.08. The van der Waals surface area contributed by atoms with Crippen LogP contribution in [0.15, 0.2) is 4.90 Å². The Morgan fingerprint density at radius 3 is 1.15 bits per heavy atom. The van der Waals surface area contributed by atoms with Gasteiger partial charge in [-0.15, -0.1) is 12.6 Å². The molecule has 0 fully saturated rings. The van der Waals surface area contributed by atoms with Gasteiger partial charge in [-0.3, -0.25) is 0 Å². The topological polar surface area (TPSA) is 0 Å². The zero-order valence-electron chi connectivity index (χ0n) is 5.67. The maximum absolute atomic E-state index is 5.72. The maximum atomic E-state index is 5.72. The summed E-state index contributed by atoms with van der Waals surface area (Å²) < 4.78 is 0. The van der Waals surface area contributed by atoms with Gasteiger partial charge in [0.25, 0.3) is 0 Å². The van der Waals surface area contributed by atoms with Crippen LogP contribution in [0.1, 0.15) is 0 Å². The van der Waals surface area contributed by atoms with Crippen LogP contribution in [0, 0.1) is 0 Å². The van der Waals surface area contributed by atoms with Crippen LogP contribution in [0.3, 0.4) is 0 Å². The molecule has 1 aromatic carbocycles. The van der Waals surface area contributed by atoms with E-state index in [2.05, 4.69) is 12.6 Å². The SMILES string of the molecule is Sc1c(Cl)c(Cl)c(Cl)c(Cl)c1Cl.[Co+2]. The third-order valence-electron chi connectivity index (χ3n) is 1.19. The first-order valence-corrected chi connectivity index (χ1v) is 5.01. The maximum Gasteiger partial charge on any atom is 2.00 e. The van der Waals surface area contributed by atoms with Crippen molar-refractivity contribution in [1.82, 2.24) is 0 Å². The third kappa shape index (κ3) is 2.76. The van der Waals surface area contributed by atoms with Crippen LogP contribution in [0.25, 0.3) is 0 Å². The van der Waals surface area contributed by atoms with Gasteiger partial charge in [0.15, 0.2) is 0 Å². The Bertz CT molecular complexity index is 235. The zero-order chi connectivity index (χ0) is 9.46.